The summed E-state index contributed by atoms with van der Waals surface area (Å²) in [6.45, 7) is 2.90. The third-order valence-electron chi connectivity index (χ3n) is 3.23. The van der Waals surface area contributed by atoms with Crippen LogP contribution in [0.3, 0.4) is 0 Å². The second-order valence-corrected chi connectivity index (χ2v) is 5.21. The molecule has 4 nitrogen and oxygen atoms in total. The van der Waals surface area contributed by atoms with Crippen molar-refractivity contribution in [3.8, 4) is 0 Å². The molecule has 0 aliphatic rings. The van der Waals surface area contributed by atoms with E-state index in [1.165, 1.54) is 57.4 Å². The Hall–Kier alpha value is -1.32. The van der Waals surface area contributed by atoms with Gasteiger partial charge in [0.25, 0.3) is 0 Å². The normalized spacial score (nSPS) is 10.8. The lowest BCUT2D eigenvalue weighted by molar-refractivity contribution is -0.117. The van der Waals surface area contributed by atoms with E-state index in [4.69, 9.17) is 5.73 Å². The van der Waals surface area contributed by atoms with Crippen molar-refractivity contribution in [1.82, 2.24) is 5.32 Å². The number of nitrogens with one attached hydrogen (secondary N) is 1. The smallest absolute Gasteiger partial charge is 0.244 e. The van der Waals surface area contributed by atoms with Crippen molar-refractivity contribution in [3.05, 3.63) is 12.2 Å². The van der Waals surface area contributed by atoms with Crippen LogP contribution in [0.1, 0.15) is 71.1 Å². The summed E-state index contributed by atoms with van der Waals surface area (Å²) < 4.78 is 0. The van der Waals surface area contributed by atoms with Gasteiger partial charge in [0.05, 0.1) is 0 Å². The van der Waals surface area contributed by atoms with Crippen molar-refractivity contribution in [2.75, 3.05) is 6.54 Å². The topological polar surface area (TPSA) is 72.2 Å². The lowest BCUT2D eigenvalue weighted by atomic mass is 10.1. The quantitative estimate of drug-likeness (QED) is 0.402. The third kappa shape index (κ3) is 14.7. The van der Waals surface area contributed by atoms with E-state index in [0.717, 1.165) is 18.9 Å². The largest absolute Gasteiger partial charge is 0.366 e. The summed E-state index contributed by atoms with van der Waals surface area (Å²) in [7, 11) is 0. The van der Waals surface area contributed by atoms with Gasteiger partial charge in [0.1, 0.15) is 0 Å². The number of carbonyl (C=O) groups is 2. The molecule has 0 saturated heterocycles. The number of carbonyl (C=O) groups excluding carboxylic acids is 2. The Balaban J connectivity index is 3.20. The van der Waals surface area contributed by atoms with Crippen LogP contribution in [-0.2, 0) is 9.59 Å². The molecule has 0 atom stereocenters. The van der Waals surface area contributed by atoms with Crippen LogP contribution in [0, 0.1) is 0 Å². The molecule has 4 heteroatoms. The van der Waals surface area contributed by atoms with E-state index in [1.54, 1.807) is 0 Å². The van der Waals surface area contributed by atoms with Crippen LogP contribution in [-0.4, -0.2) is 18.4 Å². The number of nitrogens with two attached hydrogens (primary N) is 1. The monoisotopic (exact) mass is 282 g/mol. The molecule has 0 aromatic heterocycles. The summed E-state index contributed by atoms with van der Waals surface area (Å²) in [5.41, 5.74) is 4.90. The number of unbranched alkanes of at least 4 members (excludes halogenated alkanes) is 9. The highest BCUT2D eigenvalue weighted by Crippen LogP contribution is 2.10. The van der Waals surface area contributed by atoms with Crippen molar-refractivity contribution in [2.24, 2.45) is 5.73 Å². The van der Waals surface area contributed by atoms with Gasteiger partial charge in [0.2, 0.25) is 11.8 Å². The Morgan fingerprint density at radius 3 is 1.85 bits per heavy atom. The average Bonchev–Trinajstić information content (AvgIpc) is 2.42. The van der Waals surface area contributed by atoms with Gasteiger partial charge < -0.3 is 11.1 Å². The fourth-order valence-corrected chi connectivity index (χ4v) is 2.04. The Kier molecular flexibility index (Phi) is 13.2. The predicted molar refractivity (Wildman–Crippen MR) is 83.2 cm³/mol. The third-order valence-corrected chi connectivity index (χ3v) is 3.23. The first kappa shape index (κ1) is 18.7. The fourth-order valence-electron chi connectivity index (χ4n) is 2.04. The molecule has 0 radical (unpaired) electrons. The van der Waals surface area contributed by atoms with Crippen molar-refractivity contribution < 1.29 is 9.59 Å². The van der Waals surface area contributed by atoms with Crippen LogP contribution < -0.4 is 11.1 Å². The van der Waals surface area contributed by atoms with Gasteiger partial charge in [-0.2, -0.15) is 0 Å². The highest BCUT2D eigenvalue weighted by Gasteiger charge is 1.96. The minimum absolute atomic E-state index is 0.250. The fraction of sp³-hybridized carbons (Fsp3) is 0.750. The molecule has 0 spiro atoms. The molecule has 116 valence electrons. The molecule has 2 amide bonds. The van der Waals surface area contributed by atoms with Crippen LogP contribution in [0.2, 0.25) is 0 Å². The van der Waals surface area contributed by atoms with E-state index >= 15 is 0 Å². The summed E-state index contributed by atoms with van der Waals surface area (Å²) in [4.78, 5) is 21.6. The van der Waals surface area contributed by atoms with Crippen LogP contribution in [0.5, 0.6) is 0 Å². The zero-order valence-corrected chi connectivity index (χ0v) is 12.8. The Labute approximate surface area is 123 Å². The van der Waals surface area contributed by atoms with Crippen molar-refractivity contribution >= 4 is 11.8 Å². The van der Waals surface area contributed by atoms with Crippen LogP contribution in [0.25, 0.3) is 0 Å². The van der Waals surface area contributed by atoms with Gasteiger partial charge in [-0.15, -0.1) is 0 Å². The van der Waals surface area contributed by atoms with Gasteiger partial charge in [-0.3, -0.25) is 9.59 Å². The lowest BCUT2D eigenvalue weighted by Crippen LogP contribution is -2.22. The number of hydrogen-bond acceptors (Lipinski definition) is 2. The van der Waals surface area contributed by atoms with Gasteiger partial charge in [-0.05, 0) is 6.42 Å². The van der Waals surface area contributed by atoms with Crippen molar-refractivity contribution in [3.63, 3.8) is 0 Å². The van der Waals surface area contributed by atoms with E-state index in [-0.39, 0.29) is 5.91 Å². The van der Waals surface area contributed by atoms with E-state index in [2.05, 4.69) is 12.2 Å². The first-order chi connectivity index (χ1) is 9.66. The number of primary amides is 1. The Morgan fingerprint density at radius 2 is 1.35 bits per heavy atom. The molecule has 3 N–H and O–H groups in total. The Bertz CT molecular complexity index is 288. The number of amides is 2. The van der Waals surface area contributed by atoms with Gasteiger partial charge in [-0.1, -0.05) is 64.7 Å². The standard InChI is InChI=1S/C16H30N2O2/c1-2-3-4-5-6-7-8-9-10-11-14-18-16(20)13-12-15(17)19/h12-13H,2-11,14H2,1H3,(H2,17,19)(H,18,20)/b13-12+. The summed E-state index contributed by atoms with van der Waals surface area (Å²) in [5, 5.41) is 2.73. The molecule has 0 fully saturated rings. The molecule has 0 aliphatic heterocycles. The second-order valence-electron chi connectivity index (χ2n) is 5.21. The number of hydrogen-bond donors (Lipinski definition) is 2. The molecule has 0 aromatic carbocycles. The molecule has 0 aliphatic carbocycles. The predicted octanol–water partition coefficient (Wildman–Crippen LogP) is 3.07. The molecule has 0 heterocycles. The molecular weight excluding hydrogens is 252 g/mol. The van der Waals surface area contributed by atoms with E-state index in [9.17, 15) is 9.59 Å². The lowest BCUT2D eigenvalue weighted by Gasteiger charge is -2.03. The zero-order chi connectivity index (χ0) is 15.1. The highest BCUT2D eigenvalue weighted by atomic mass is 16.2. The Morgan fingerprint density at radius 1 is 0.850 bits per heavy atom. The average molecular weight is 282 g/mol. The van der Waals surface area contributed by atoms with Crippen LogP contribution in [0.4, 0.5) is 0 Å². The summed E-state index contributed by atoms with van der Waals surface area (Å²) in [6, 6.07) is 0. The summed E-state index contributed by atoms with van der Waals surface area (Å²) in [5.74, 6) is -0.848. The van der Waals surface area contributed by atoms with E-state index in [0.29, 0.717) is 6.54 Å². The molecule has 0 bridgehead atoms. The molecule has 0 unspecified atom stereocenters. The summed E-state index contributed by atoms with van der Waals surface area (Å²) in [6.07, 6.45) is 15.0. The van der Waals surface area contributed by atoms with Crippen molar-refractivity contribution in [2.45, 2.75) is 71.1 Å². The first-order valence-electron chi connectivity index (χ1n) is 7.92. The maximum absolute atomic E-state index is 11.2. The van der Waals surface area contributed by atoms with Crippen LogP contribution >= 0.6 is 0 Å². The van der Waals surface area contributed by atoms with Gasteiger partial charge in [-0.25, -0.2) is 0 Å². The molecule has 0 rings (SSSR count). The van der Waals surface area contributed by atoms with Gasteiger partial charge >= 0.3 is 0 Å². The van der Waals surface area contributed by atoms with Gasteiger partial charge in [0, 0.05) is 18.7 Å². The van der Waals surface area contributed by atoms with Crippen molar-refractivity contribution in [1.29, 1.82) is 0 Å². The minimum Gasteiger partial charge on any atom is -0.366 e. The molecule has 0 aromatic rings. The van der Waals surface area contributed by atoms with E-state index in [1.807, 2.05) is 0 Å². The first-order valence-corrected chi connectivity index (χ1v) is 7.92. The maximum atomic E-state index is 11.2. The SMILES string of the molecule is CCCCCCCCCCCCNC(=O)/C=C/C(N)=O. The summed E-state index contributed by atoms with van der Waals surface area (Å²) >= 11 is 0. The van der Waals surface area contributed by atoms with Crippen LogP contribution in [0.15, 0.2) is 12.2 Å². The maximum Gasteiger partial charge on any atom is 0.244 e. The second kappa shape index (κ2) is 14.1. The molecule has 0 saturated carbocycles. The zero-order valence-electron chi connectivity index (χ0n) is 12.8. The van der Waals surface area contributed by atoms with E-state index < -0.39 is 5.91 Å². The molecule has 20 heavy (non-hydrogen) atoms. The van der Waals surface area contributed by atoms with Gasteiger partial charge in [0.15, 0.2) is 0 Å². The minimum atomic E-state index is -0.598. The molecular formula is C16H30N2O2. The number of rotatable bonds is 13. The highest BCUT2D eigenvalue weighted by molar-refractivity contribution is 5.95.